The zero-order chi connectivity index (χ0) is 15.1. The third-order valence-electron chi connectivity index (χ3n) is 3.94. The molecule has 21 heavy (non-hydrogen) atoms. The molecular weight excluding hydrogens is 284 g/mol. The highest BCUT2D eigenvalue weighted by atomic mass is 32.2. The van der Waals surface area contributed by atoms with Crippen LogP contribution < -0.4 is 0 Å². The van der Waals surface area contributed by atoms with Crippen molar-refractivity contribution in [1.82, 2.24) is 0 Å². The minimum atomic E-state index is -2.84. The summed E-state index contributed by atoms with van der Waals surface area (Å²) < 4.78 is 29.1. The minimum Gasteiger partial charge on any atom is -0.501 e. The number of allylic oxidation sites excluding steroid dienone is 1. The first-order valence-electron chi connectivity index (χ1n) is 7.61. The van der Waals surface area contributed by atoms with Crippen molar-refractivity contribution >= 4 is 15.4 Å². The summed E-state index contributed by atoms with van der Waals surface area (Å²) in [5.41, 5.74) is 2.23. The van der Waals surface area contributed by atoms with E-state index in [1.807, 2.05) is 37.3 Å². The van der Waals surface area contributed by atoms with Crippen molar-refractivity contribution in [2.24, 2.45) is 5.92 Å². The fourth-order valence-corrected chi connectivity index (χ4v) is 4.56. The van der Waals surface area contributed by atoms with E-state index in [0.717, 1.165) is 36.8 Å². The Morgan fingerprint density at radius 3 is 2.81 bits per heavy atom. The number of benzene rings is 1. The number of ether oxygens (including phenoxy) is 1. The van der Waals surface area contributed by atoms with Gasteiger partial charge >= 0.3 is 0 Å². The number of sulfone groups is 1. The van der Waals surface area contributed by atoms with Gasteiger partial charge in [0.05, 0.1) is 24.4 Å². The summed E-state index contributed by atoms with van der Waals surface area (Å²) >= 11 is 0. The van der Waals surface area contributed by atoms with Gasteiger partial charge < -0.3 is 4.74 Å². The molecule has 0 saturated carbocycles. The lowest BCUT2D eigenvalue weighted by atomic mass is 10.0. The average molecular weight is 308 g/mol. The normalized spacial score (nSPS) is 22.5. The van der Waals surface area contributed by atoms with Crippen molar-refractivity contribution in [3.63, 3.8) is 0 Å². The summed E-state index contributed by atoms with van der Waals surface area (Å²) in [6, 6.07) is 10.1. The molecule has 1 heterocycles. The third kappa shape index (κ3) is 5.54. The molecule has 1 aromatic rings. The predicted octanol–water partition coefficient (Wildman–Crippen LogP) is 3.67. The van der Waals surface area contributed by atoms with Gasteiger partial charge in [-0.25, -0.2) is 8.42 Å². The molecule has 1 aliphatic rings. The van der Waals surface area contributed by atoms with Crippen molar-refractivity contribution in [3.8, 4) is 0 Å². The number of rotatable bonds is 5. The van der Waals surface area contributed by atoms with Crippen LogP contribution in [-0.4, -0.2) is 26.5 Å². The van der Waals surface area contributed by atoms with E-state index >= 15 is 0 Å². The molecule has 0 N–H and O–H groups in total. The van der Waals surface area contributed by atoms with Crippen molar-refractivity contribution in [2.75, 3.05) is 18.1 Å². The second-order valence-corrected chi connectivity index (χ2v) is 8.03. The molecule has 1 aromatic carbocycles. The van der Waals surface area contributed by atoms with Crippen LogP contribution >= 0.6 is 0 Å². The maximum absolute atomic E-state index is 11.8. The molecule has 0 amide bonds. The smallest absolute Gasteiger partial charge is 0.150 e. The van der Waals surface area contributed by atoms with E-state index in [1.165, 1.54) is 0 Å². The Balaban J connectivity index is 1.79. The second kappa shape index (κ2) is 7.64. The monoisotopic (exact) mass is 308 g/mol. The molecular formula is C17H24O3S. The van der Waals surface area contributed by atoms with Crippen LogP contribution in [0.25, 0.3) is 5.57 Å². The molecule has 3 nitrogen and oxygen atoms in total. The van der Waals surface area contributed by atoms with E-state index in [1.54, 1.807) is 6.26 Å². The maximum atomic E-state index is 11.8. The summed E-state index contributed by atoms with van der Waals surface area (Å²) in [4.78, 5) is 0. The zero-order valence-electron chi connectivity index (χ0n) is 12.6. The molecule has 1 fully saturated rings. The Labute approximate surface area is 127 Å². The quantitative estimate of drug-likeness (QED) is 0.616. The Hall–Kier alpha value is -1.29. The van der Waals surface area contributed by atoms with Gasteiger partial charge in [0.1, 0.15) is 0 Å². The molecule has 0 aromatic heterocycles. The lowest BCUT2D eigenvalue weighted by molar-refractivity contribution is 0.224. The van der Waals surface area contributed by atoms with Crippen molar-refractivity contribution < 1.29 is 13.2 Å². The van der Waals surface area contributed by atoms with Crippen LogP contribution in [0.1, 0.15) is 38.2 Å². The van der Waals surface area contributed by atoms with Crippen LogP contribution in [-0.2, 0) is 14.6 Å². The standard InChI is InChI=1S/C17H24O3S/c1-15(17-8-3-2-4-9-17)13-20-11-10-16-7-5-6-12-21(18,19)14-16/h2-4,8-9,13,16H,5-7,10-12,14H2,1H3/b15-13-. The number of hydrogen-bond acceptors (Lipinski definition) is 3. The molecule has 1 aliphatic heterocycles. The van der Waals surface area contributed by atoms with E-state index in [-0.39, 0.29) is 5.92 Å². The van der Waals surface area contributed by atoms with Gasteiger partial charge in [-0.05, 0) is 43.2 Å². The highest BCUT2D eigenvalue weighted by Crippen LogP contribution is 2.21. The fourth-order valence-electron chi connectivity index (χ4n) is 2.70. The minimum absolute atomic E-state index is 0.253. The molecule has 4 heteroatoms. The number of hydrogen-bond donors (Lipinski definition) is 0. The van der Waals surface area contributed by atoms with Gasteiger partial charge in [-0.3, -0.25) is 0 Å². The highest BCUT2D eigenvalue weighted by molar-refractivity contribution is 7.91. The van der Waals surface area contributed by atoms with Crippen LogP contribution in [0, 0.1) is 5.92 Å². The van der Waals surface area contributed by atoms with Gasteiger partial charge in [-0.1, -0.05) is 36.8 Å². The first kappa shape index (κ1) is 16.1. The van der Waals surface area contributed by atoms with Gasteiger partial charge in [-0.15, -0.1) is 0 Å². The van der Waals surface area contributed by atoms with Crippen molar-refractivity contribution in [2.45, 2.75) is 32.6 Å². The Bertz CT molecular complexity index is 561. The lowest BCUT2D eigenvalue weighted by Crippen LogP contribution is -2.16. The van der Waals surface area contributed by atoms with Crippen LogP contribution in [0.2, 0.25) is 0 Å². The van der Waals surface area contributed by atoms with Crippen molar-refractivity contribution in [3.05, 3.63) is 42.2 Å². The van der Waals surface area contributed by atoms with Crippen molar-refractivity contribution in [1.29, 1.82) is 0 Å². The molecule has 0 spiro atoms. The van der Waals surface area contributed by atoms with E-state index in [9.17, 15) is 8.42 Å². The largest absolute Gasteiger partial charge is 0.501 e. The van der Waals surface area contributed by atoms with Crippen LogP contribution in [0.5, 0.6) is 0 Å². The van der Waals surface area contributed by atoms with Gasteiger partial charge in [0.2, 0.25) is 0 Å². The zero-order valence-corrected chi connectivity index (χ0v) is 13.4. The molecule has 0 radical (unpaired) electrons. The van der Waals surface area contributed by atoms with E-state index < -0.39 is 9.84 Å². The highest BCUT2D eigenvalue weighted by Gasteiger charge is 2.22. The fraction of sp³-hybridized carbons (Fsp3) is 0.529. The topological polar surface area (TPSA) is 43.4 Å². The third-order valence-corrected chi connectivity index (χ3v) is 5.83. The first-order chi connectivity index (χ1) is 10.1. The van der Waals surface area contributed by atoms with Crippen LogP contribution in [0.4, 0.5) is 0 Å². The summed E-state index contributed by atoms with van der Waals surface area (Å²) in [6.45, 7) is 2.61. The second-order valence-electron chi connectivity index (χ2n) is 5.80. The maximum Gasteiger partial charge on any atom is 0.150 e. The first-order valence-corrected chi connectivity index (χ1v) is 9.43. The molecule has 1 unspecified atom stereocenters. The average Bonchev–Trinajstić information content (AvgIpc) is 2.65. The molecule has 0 aliphatic carbocycles. The summed E-state index contributed by atoms with van der Waals surface area (Å²) in [5, 5.41) is 0. The van der Waals surface area contributed by atoms with Crippen LogP contribution in [0.15, 0.2) is 36.6 Å². The lowest BCUT2D eigenvalue weighted by Gasteiger charge is -2.13. The van der Waals surface area contributed by atoms with E-state index in [0.29, 0.717) is 18.1 Å². The summed E-state index contributed by atoms with van der Waals surface area (Å²) in [5.74, 6) is 0.942. The van der Waals surface area contributed by atoms with Gasteiger partial charge in [0.25, 0.3) is 0 Å². The Morgan fingerprint density at radius 1 is 1.29 bits per heavy atom. The molecule has 116 valence electrons. The van der Waals surface area contributed by atoms with Crippen LogP contribution in [0.3, 0.4) is 0 Å². The van der Waals surface area contributed by atoms with Gasteiger partial charge in [0.15, 0.2) is 9.84 Å². The Kier molecular flexibility index (Phi) is 5.85. The predicted molar refractivity (Wildman–Crippen MR) is 86.7 cm³/mol. The van der Waals surface area contributed by atoms with Gasteiger partial charge in [-0.2, -0.15) is 0 Å². The molecule has 2 rings (SSSR count). The SMILES string of the molecule is C/C(=C/OCCC1CCCCS(=O)(=O)C1)c1ccccc1. The molecule has 1 saturated heterocycles. The van der Waals surface area contributed by atoms with E-state index in [2.05, 4.69) is 0 Å². The summed E-state index contributed by atoms with van der Waals surface area (Å²) in [6.07, 6.45) is 5.43. The summed E-state index contributed by atoms with van der Waals surface area (Å²) in [7, 11) is -2.84. The molecule has 0 bridgehead atoms. The van der Waals surface area contributed by atoms with E-state index in [4.69, 9.17) is 4.74 Å². The molecule has 1 atom stereocenters. The Morgan fingerprint density at radius 2 is 2.05 bits per heavy atom. The van der Waals surface area contributed by atoms with Gasteiger partial charge in [0, 0.05) is 0 Å².